The lowest BCUT2D eigenvalue weighted by molar-refractivity contribution is 0.225. The number of nitrogens with two attached hydrogens (primary N) is 1. The number of aliphatic hydroxyl groups is 1. The minimum atomic E-state index is -0.618. The first kappa shape index (κ1) is 9.70. The summed E-state index contributed by atoms with van der Waals surface area (Å²) in [7, 11) is 0. The minimum absolute atomic E-state index is 0.618. The SMILES string of the molecule is Nc1ccc2c(c1)[C@@H](O)c1cc(Cl)ccc1-2. The van der Waals surface area contributed by atoms with Crippen molar-refractivity contribution < 1.29 is 5.11 Å². The number of nitrogen functional groups attached to an aromatic ring is 1. The van der Waals surface area contributed by atoms with Gasteiger partial charge in [-0.1, -0.05) is 23.7 Å². The van der Waals surface area contributed by atoms with Crippen molar-refractivity contribution in [1.82, 2.24) is 0 Å². The molecule has 0 heterocycles. The van der Waals surface area contributed by atoms with Gasteiger partial charge in [0.05, 0.1) is 0 Å². The molecule has 1 aliphatic rings. The van der Waals surface area contributed by atoms with Crippen molar-refractivity contribution in [3.63, 3.8) is 0 Å². The van der Waals surface area contributed by atoms with E-state index in [0.717, 1.165) is 22.3 Å². The van der Waals surface area contributed by atoms with E-state index >= 15 is 0 Å². The molecule has 3 heteroatoms. The maximum atomic E-state index is 10.2. The molecule has 0 saturated carbocycles. The minimum Gasteiger partial charge on any atom is -0.399 e. The van der Waals surface area contributed by atoms with Crippen LogP contribution in [-0.2, 0) is 0 Å². The van der Waals surface area contributed by atoms with Gasteiger partial charge in [0.15, 0.2) is 0 Å². The highest BCUT2D eigenvalue weighted by atomic mass is 35.5. The van der Waals surface area contributed by atoms with Crippen LogP contribution in [0.4, 0.5) is 5.69 Å². The molecule has 0 saturated heterocycles. The van der Waals surface area contributed by atoms with Gasteiger partial charge in [0.25, 0.3) is 0 Å². The van der Waals surface area contributed by atoms with Crippen LogP contribution >= 0.6 is 11.6 Å². The van der Waals surface area contributed by atoms with Crippen molar-refractivity contribution in [3.8, 4) is 11.1 Å². The molecule has 0 fully saturated rings. The average molecular weight is 232 g/mol. The summed E-state index contributed by atoms with van der Waals surface area (Å²) in [5.74, 6) is 0. The molecule has 1 atom stereocenters. The van der Waals surface area contributed by atoms with Gasteiger partial charge in [-0.05, 0) is 46.5 Å². The molecule has 0 spiro atoms. The molecule has 1 aliphatic carbocycles. The number of halogens is 1. The van der Waals surface area contributed by atoms with Crippen LogP contribution in [0, 0.1) is 0 Å². The fraction of sp³-hybridized carbons (Fsp3) is 0.0769. The Morgan fingerprint density at radius 2 is 1.62 bits per heavy atom. The molecule has 0 amide bonds. The van der Waals surface area contributed by atoms with Gasteiger partial charge < -0.3 is 10.8 Å². The second-order valence-corrected chi connectivity index (χ2v) is 4.42. The smallest absolute Gasteiger partial charge is 0.105 e. The zero-order valence-electron chi connectivity index (χ0n) is 8.44. The zero-order chi connectivity index (χ0) is 11.3. The third-order valence-electron chi connectivity index (χ3n) is 2.97. The molecule has 16 heavy (non-hydrogen) atoms. The first-order chi connectivity index (χ1) is 7.66. The second kappa shape index (κ2) is 3.24. The molecule has 0 aliphatic heterocycles. The van der Waals surface area contributed by atoms with E-state index in [2.05, 4.69) is 0 Å². The van der Waals surface area contributed by atoms with Gasteiger partial charge in [-0.3, -0.25) is 0 Å². The van der Waals surface area contributed by atoms with Crippen LogP contribution in [0.5, 0.6) is 0 Å². The number of rotatable bonds is 0. The summed E-state index contributed by atoms with van der Waals surface area (Å²) in [5.41, 5.74) is 10.2. The predicted molar refractivity (Wildman–Crippen MR) is 65.4 cm³/mol. The molecule has 80 valence electrons. The number of fused-ring (bicyclic) bond motifs is 3. The van der Waals surface area contributed by atoms with Crippen molar-refractivity contribution in [2.45, 2.75) is 6.10 Å². The van der Waals surface area contributed by atoms with Crippen LogP contribution in [-0.4, -0.2) is 5.11 Å². The molecule has 0 bridgehead atoms. The number of aliphatic hydroxyl groups excluding tert-OH is 1. The quantitative estimate of drug-likeness (QED) is 0.685. The lowest BCUT2D eigenvalue weighted by Crippen LogP contribution is -1.95. The molecule has 2 aromatic carbocycles. The van der Waals surface area contributed by atoms with Gasteiger partial charge in [-0.15, -0.1) is 0 Å². The van der Waals surface area contributed by atoms with E-state index in [1.807, 2.05) is 30.3 Å². The molecule has 2 nitrogen and oxygen atoms in total. The highest BCUT2D eigenvalue weighted by Gasteiger charge is 2.26. The van der Waals surface area contributed by atoms with Gasteiger partial charge in [-0.2, -0.15) is 0 Å². The Balaban J connectivity index is 2.30. The fourth-order valence-electron chi connectivity index (χ4n) is 2.23. The standard InChI is InChI=1S/C13H10ClNO/c14-7-1-3-9-10-4-2-8(15)6-12(10)13(16)11(9)5-7/h1-6,13,16H,15H2/t13-/m0/s1. The highest BCUT2D eigenvalue weighted by Crippen LogP contribution is 2.44. The normalized spacial score (nSPS) is 17.0. The summed E-state index contributed by atoms with van der Waals surface area (Å²) < 4.78 is 0. The van der Waals surface area contributed by atoms with Crippen LogP contribution in [0.15, 0.2) is 36.4 Å². The van der Waals surface area contributed by atoms with E-state index < -0.39 is 6.10 Å². The van der Waals surface area contributed by atoms with E-state index in [-0.39, 0.29) is 0 Å². The van der Waals surface area contributed by atoms with Gasteiger partial charge in [-0.25, -0.2) is 0 Å². The van der Waals surface area contributed by atoms with Gasteiger partial charge in [0.1, 0.15) is 6.10 Å². The van der Waals surface area contributed by atoms with Crippen molar-refractivity contribution in [2.24, 2.45) is 0 Å². The molecular formula is C13H10ClNO. The van der Waals surface area contributed by atoms with E-state index in [0.29, 0.717) is 10.7 Å². The first-order valence-corrected chi connectivity index (χ1v) is 5.42. The predicted octanol–water partition coefficient (Wildman–Crippen LogP) is 2.98. The molecule has 2 aromatic rings. The molecule has 3 N–H and O–H groups in total. The molecule has 0 unspecified atom stereocenters. The number of hydrogen-bond donors (Lipinski definition) is 2. The molecular weight excluding hydrogens is 222 g/mol. The zero-order valence-corrected chi connectivity index (χ0v) is 9.20. The first-order valence-electron chi connectivity index (χ1n) is 5.04. The molecule has 0 aromatic heterocycles. The van der Waals surface area contributed by atoms with Crippen LogP contribution in [0.3, 0.4) is 0 Å². The van der Waals surface area contributed by atoms with Crippen molar-refractivity contribution in [1.29, 1.82) is 0 Å². The average Bonchev–Trinajstić information content (AvgIpc) is 2.53. The van der Waals surface area contributed by atoms with Crippen molar-refractivity contribution >= 4 is 17.3 Å². The van der Waals surface area contributed by atoms with Crippen molar-refractivity contribution in [3.05, 3.63) is 52.5 Å². The van der Waals surface area contributed by atoms with Gasteiger partial charge in [0, 0.05) is 10.7 Å². The second-order valence-electron chi connectivity index (χ2n) is 3.98. The summed E-state index contributed by atoms with van der Waals surface area (Å²) in [5, 5.41) is 10.8. The molecule has 3 rings (SSSR count). The summed E-state index contributed by atoms with van der Waals surface area (Å²) in [6, 6.07) is 11.2. The Labute approximate surface area is 98.3 Å². The van der Waals surface area contributed by atoms with E-state index in [1.165, 1.54) is 0 Å². The van der Waals surface area contributed by atoms with Crippen LogP contribution in [0.2, 0.25) is 5.02 Å². The lowest BCUT2D eigenvalue weighted by atomic mass is 10.1. The summed E-state index contributed by atoms with van der Waals surface area (Å²) in [6.45, 7) is 0. The van der Waals surface area contributed by atoms with Gasteiger partial charge >= 0.3 is 0 Å². The Bertz CT molecular complexity index is 529. The van der Waals surface area contributed by atoms with Gasteiger partial charge in [0.2, 0.25) is 0 Å². The number of anilines is 1. The van der Waals surface area contributed by atoms with E-state index in [1.54, 1.807) is 6.07 Å². The Morgan fingerprint density at radius 3 is 2.38 bits per heavy atom. The Hall–Kier alpha value is -1.51. The van der Waals surface area contributed by atoms with Crippen LogP contribution in [0.1, 0.15) is 17.2 Å². The van der Waals surface area contributed by atoms with E-state index in [4.69, 9.17) is 17.3 Å². The topological polar surface area (TPSA) is 46.2 Å². The highest BCUT2D eigenvalue weighted by molar-refractivity contribution is 6.30. The largest absolute Gasteiger partial charge is 0.399 e. The van der Waals surface area contributed by atoms with Crippen LogP contribution in [0.25, 0.3) is 11.1 Å². The monoisotopic (exact) mass is 231 g/mol. The summed E-state index contributed by atoms with van der Waals surface area (Å²) in [4.78, 5) is 0. The summed E-state index contributed by atoms with van der Waals surface area (Å²) in [6.07, 6.45) is -0.618. The van der Waals surface area contributed by atoms with Crippen LogP contribution < -0.4 is 5.73 Å². The van der Waals surface area contributed by atoms with Crippen molar-refractivity contribution in [2.75, 3.05) is 5.73 Å². The maximum Gasteiger partial charge on any atom is 0.105 e. The number of hydrogen-bond acceptors (Lipinski definition) is 2. The summed E-state index contributed by atoms with van der Waals surface area (Å²) >= 11 is 5.93. The Morgan fingerprint density at radius 1 is 1.00 bits per heavy atom. The number of benzene rings is 2. The fourth-order valence-corrected chi connectivity index (χ4v) is 2.41. The maximum absolute atomic E-state index is 10.2. The van der Waals surface area contributed by atoms with E-state index in [9.17, 15) is 5.11 Å². The Kier molecular flexibility index (Phi) is 1.96. The third-order valence-corrected chi connectivity index (χ3v) is 3.20. The third kappa shape index (κ3) is 1.24. The molecule has 0 radical (unpaired) electrons. The lowest BCUT2D eigenvalue weighted by Gasteiger charge is -2.05.